The van der Waals surface area contributed by atoms with Gasteiger partial charge in [-0.25, -0.2) is 14.2 Å². The van der Waals surface area contributed by atoms with Crippen molar-refractivity contribution in [1.29, 1.82) is 5.26 Å². The van der Waals surface area contributed by atoms with Crippen LogP contribution in [-0.4, -0.2) is 35.9 Å². The first kappa shape index (κ1) is 26.1. The zero-order valence-electron chi connectivity index (χ0n) is 21.2. The van der Waals surface area contributed by atoms with E-state index in [1.807, 2.05) is 32.0 Å². The molecular formula is C26H34FN5O3. The van der Waals surface area contributed by atoms with Gasteiger partial charge in [-0.1, -0.05) is 12.5 Å². The largest absolute Gasteiger partial charge is 0.496 e. The maximum atomic E-state index is 15.0. The molecule has 1 amide bonds. The highest BCUT2D eigenvalue weighted by atomic mass is 19.1. The fourth-order valence-electron chi connectivity index (χ4n) is 4.00. The minimum Gasteiger partial charge on any atom is -0.496 e. The fraction of sp³-hybridized carbons (Fsp3) is 0.500. The van der Waals surface area contributed by atoms with Crippen LogP contribution in [0.1, 0.15) is 58.1 Å². The summed E-state index contributed by atoms with van der Waals surface area (Å²) in [5.41, 5.74) is 1.07. The number of nitriles is 1. The topological polar surface area (TPSA) is 108 Å². The van der Waals surface area contributed by atoms with Crippen molar-refractivity contribution in [3.05, 3.63) is 41.2 Å². The predicted molar refractivity (Wildman–Crippen MR) is 134 cm³/mol. The first-order chi connectivity index (χ1) is 16.5. The summed E-state index contributed by atoms with van der Waals surface area (Å²) < 4.78 is 25.7. The molecule has 1 fully saturated rings. The molecule has 3 N–H and O–H groups in total. The van der Waals surface area contributed by atoms with Crippen molar-refractivity contribution in [2.45, 2.75) is 71.6 Å². The lowest BCUT2D eigenvalue weighted by Gasteiger charge is -2.38. The molecule has 0 unspecified atom stereocenters. The average molecular weight is 484 g/mol. The van der Waals surface area contributed by atoms with E-state index in [1.165, 1.54) is 0 Å². The van der Waals surface area contributed by atoms with Gasteiger partial charge in [0.25, 0.3) is 0 Å². The van der Waals surface area contributed by atoms with Crippen molar-refractivity contribution >= 4 is 23.4 Å². The predicted octanol–water partition coefficient (Wildman–Crippen LogP) is 5.65. The molecule has 1 heterocycles. The summed E-state index contributed by atoms with van der Waals surface area (Å²) in [6.07, 6.45) is 2.47. The molecule has 1 aliphatic rings. The van der Waals surface area contributed by atoms with E-state index in [1.54, 1.807) is 33.9 Å². The highest BCUT2D eigenvalue weighted by molar-refractivity contribution is 5.69. The van der Waals surface area contributed by atoms with E-state index >= 15 is 0 Å². The third-order valence-corrected chi connectivity index (χ3v) is 6.01. The van der Waals surface area contributed by atoms with E-state index in [-0.39, 0.29) is 35.2 Å². The Hall–Kier alpha value is -3.54. The number of hydrogen-bond acceptors (Lipinski definition) is 7. The van der Waals surface area contributed by atoms with Gasteiger partial charge in [-0.3, -0.25) is 0 Å². The van der Waals surface area contributed by atoms with Crippen molar-refractivity contribution < 1.29 is 18.7 Å². The molecule has 3 rings (SSSR count). The van der Waals surface area contributed by atoms with E-state index in [4.69, 9.17) is 9.47 Å². The van der Waals surface area contributed by atoms with Gasteiger partial charge >= 0.3 is 6.09 Å². The number of ether oxygens (including phenoxy) is 2. The number of nitrogens with zero attached hydrogens (tertiary/aromatic N) is 2. The van der Waals surface area contributed by atoms with Gasteiger partial charge in [0, 0.05) is 17.8 Å². The Labute approximate surface area is 206 Å². The number of nitrogens with one attached hydrogen (secondary N) is 3. The molecule has 35 heavy (non-hydrogen) atoms. The number of amides is 1. The fourth-order valence-corrected chi connectivity index (χ4v) is 4.00. The first-order valence-electron chi connectivity index (χ1n) is 11.8. The molecular weight excluding hydrogens is 449 g/mol. The van der Waals surface area contributed by atoms with Gasteiger partial charge in [0.2, 0.25) is 0 Å². The summed E-state index contributed by atoms with van der Waals surface area (Å²) in [6.45, 7) is 9.18. The Morgan fingerprint density at radius 3 is 2.54 bits per heavy atom. The highest BCUT2D eigenvalue weighted by Gasteiger charge is 2.34. The lowest BCUT2D eigenvalue weighted by Crippen LogP contribution is -2.51. The molecule has 0 aliphatic heterocycles. The Balaban J connectivity index is 1.85. The molecule has 2 atom stereocenters. The number of methoxy groups -OCH3 is 1. The second-order valence-corrected chi connectivity index (χ2v) is 9.93. The second kappa shape index (κ2) is 10.8. The molecule has 0 bridgehead atoms. The standard InChI is InChI=1S/C26H34FN5O3/c1-15-10-11-19(13-21(15)34-6)30-23-18(14-28)12-20(27)24(32-23)31-22(17-8-7-9-17)16(2)29-25(33)35-26(3,4)5/h10-13,16-17,22H,7-9H2,1-6H3,(H,29,33)(H2,30,31,32)/t16-,22-/m0/s1. The number of halogens is 1. The summed E-state index contributed by atoms with van der Waals surface area (Å²) in [5.74, 6) is 0.528. The zero-order chi connectivity index (χ0) is 25.8. The normalized spacial score (nSPS) is 15.3. The van der Waals surface area contributed by atoms with Gasteiger partial charge in [0.1, 0.15) is 17.4 Å². The molecule has 188 valence electrons. The minimum atomic E-state index is -0.637. The van der Waals surface area contributed by atoms with E-state index in [9.17, 15) is 14.4 Å². The van der Waals surface area contributed by atoms with Crippen LogP contribution in [-0.2, 0) is 4.74 Å². The Bertz CT molecular complexity index is 1110. The molecule has 1 aromatic heterocycles. The number of aryl methyl sites for hydroxylation is 1. The van der Waals surface area contributed by atoms with Crippen LogP contribution in [0.4, 0.5) is 26.5 Å². The molecule has 0 saturated heterocycles. The smallest absolute Gasteiger partial charge is 0.407 e. The van der Waals surface area contributed by atoms with Crippen LogP contribution in [0.5, 0.6) is 5.75 Å². The molecule has 1 saturated carbocycles. The number of carbonyl (C=O) groups excluding carboxylic acids is 1. The summed E-state index contributed by atoms with van der Waals surface area (Å²) in [6, 6.07) is 8.05. The number of anilines is 3. The zero-order valence-corrected chi connectivity index (χ0v) is 21.2. The lowest BCUT2D eigenvalue weighted by molar-refractivity contribution is 0.0492. The van der Waals surface area contributed by atoms with Crippen molar-refractivity contribution in [1.82, 2.24) is 10.3 Å². The summed E-state index contributed by atoms with van der Waals surface area (Å²) in [5, 5.41) is 18.7. The van der Waals surface area contributed by atoms with E-state index < -0.39 is 17.5 Å². The van der Waals surface area contributed by atoms with Crippen LogP contribution < -0.4 is 20.7 Å². The van der Waals surface area contributed by atoms with E-state index in [0.717, 1.165) is 30.9 Å². The number of hydrogen-bond donors (Lipinski definition) is 3. The highest BCUT2D eigenvalue weighted by Crippen LogP contribution is 2.34. The van der Waals surface area contributed by atoms with Crippen LogP contribution in [0.25, 0.3) is 0 Å². The van der Waals surface area contributed by atoms with Crippen molar-refractivity contribution in [2.75, 3.05) is 17.7 Å². The van der Waals surface area contributed by atoms with Gasteiger partial charge in [-0.2, -0.15) is 5.26 Å². The maximum Gasteiger partial charge on any atom is 0.407 e. The van der Waals surface area contributed by atoms with E-state index in [0.29, 0.717) is 11.4 Å². The van der Waals surface area contributed by atoms with Gasteiger partial charge in [0.15, 0.2) is 17.5 Å². The van der Waals surface area contributed by atoms with Gasteiger partial charge in [-0.15, -0.1) is 0 Å². The van der Waals surface area contributed by atoms with E-state index in [2.05, 4.69) is 20.9 Å². The molecule has 0 radical (unpaired) electrons. The lowest BCUT2D eigenvalue weighted by atomic mass is 9.77. The average Bonchev–Trinajstić information content (AvgIpc) is 2.73. The number of carbonyl (C=O) groups is 1. The Kier molecular flexibility index (Phi) is 8.05. The molecule has 2 aromatic rings. The maximum absolute atomic E-state index is 15.0. The van der Waals surface area contributed by atoms with Crippen LogP contribution >= 0.6 is 0 Å². The number of benzene rings is 1. The van der Waals surface area contributed by atoms with Crippen molar-refractivity contribution in [2.24, 2.45) is 5.92 Å². The summed E-state index contributed by atoms with van der Waals surface area (Å²) in [4.78, 5) is 16.7. The summed E-state index contributed by atoms with van der Waals surface area (Å²) >= 11 is 0. The van der Waals surface area contributed by atoms with Gasteiger partial charge in [0.05, 0.1) is 18.7 Å². The molecule has 1 aliphatic carbocycles. The van der Waals surface area contributed by atoms with Gasteiger partial charge in [-0.05, 0) is 71.1 Å². The minimum absolute atomic E-state index is 0.0142. The molecule has 0 spiro atoms. The number of aromatic nitrogens is 1. The number of alkyl carbamates (subject to hydrolysis) is 1. The van der Waals surface area contributed by atoms with Crippen molar-refractivity contribution in [3.8, 4) is 11.8 Å². The molecule has 8 nitrogen and oxygen atoms in total. The van der Waals surface area contributed by atoms with Crippen LogP contribution in [0.2, 0.25) is 0 Å². The first-order valence-corrected chi connectivity index (χ1v) is 11.8. The third kappa shape index (κ3) is 6.75. The number of pyridine rings is 1. The monoisotopic (exact) mass is 483 g/mol. The van der Waals surface area contributed by atoms with Crippen LogP contribution in [0, 0.1) is 30.0 Å². The van der Waals surface area contributed by atoms with Crippen molar-refractivity contribution in [3.63, 3.8) is 0 Å². The third-order valence-electron chi connectivity index (χ3n) is 6.01. The summed E-state index contributed by atoms with van der Waals surface area (Å²) in [7, 11) is 1.58. The Morgan fingerprint density at radius 2 is 1.97 bits per heavy atom. The molecule has 9 heteroatoms. The van der Waals surface area contributed by atoms with Crippen LogP contribution in [0.3, 0.4) is 0 Å². The SMILES string of the molecule is COc1cc(Nc2nc(N[C@H](C3CCC3)[C@H](C)NC(=O)OC(C)(C)C)c(F)cc2C#N)ccc1C. The molecule has 1 aromatic carbocycles. The van der Waals surface area contributed by atoms with Gasteiger partial charge < -0.3 is 25.4 Å². The van der Waals surface area contributed by atoms with Crippen LogP contribution in [0.15, 0.2) is 24.3 Å². The number of rotatable bonds is 8. The quantitative estimate of drug-likeness (QED) is 0.445. The second-order valence-electron chi connectivity index (χ2n) is 9.93. The Morgan fingerprint density at radius 1 is 1.26 bits per heavy atom.